The average Bonchev–Trinajstić information content (AvgIpc) is 2.15. The Bertz CT molecular complexity index is 347. The summed E-state index contributed by atoms with van der Waals surface area (Å²) in [6.07, 6.45) is 0. The molecule has 0 amide bonds. The van der Waals surface area contributed by atoms with Crippen LogP contribution in [0.1, 0.15) is 32.4 Å². The SMILES string of the molecule is COc1ccc([C@@H](N)C(C)(C)C)cc1O.Cl. The topological polar surface area (TPSA) is 55.5 Å². The molecule has 3 nitrogen and oxygen atoms in total. The van der Waals surface area contributed by atoms with Crippen molar-refractivity contribution in [2.24, 2.45) is 11.1 Å². The lowest BCUT2D eigenvalue weighted by Gasteiger charge is -2.27. The summed E-state index contributed by atoms with van der Waals surface area (Å²) in [6, 6.07) is 5.17. The summed E-state index contributed by atoms with van der Waals surface area (Å²) >= 11 is 0. The molecule has 92 valence electrons. The highest BCUT2D eigenvalue weighted by atomic mass is 35.5. The smallest absolute Gasteiger partial charge is 0.160 e. The number of nitrogens with two attached hydrogens (primary N) is 1. The maximum absolute atomic E-state index is 9.63. The Morgan fingerprint density at radius 3 is 2.25 bits per heavy atom. The van der Waals surface area contributed by atoms with Crippen molar-refractivity contribution in [3.05, 3.63) is 23.8 Å². The molecule has 1 rings (SSSR count). The van der Waals surface area contributed by atoms with Gasteiger partial charge in [-0.2, -0.15) is 0 Å². The molecule has 0 saturated heterocycles. The molecule has 0 radical (unpaired) electrons. The van der Waals surface area contributed by atoms with Crippen LogP contribution in [0.5, 0.6) is 11.5 Å². The van der Waals surface area contributed by atoms with Gasteiger partial charge in [-0.25, -0.2) is 0 Å². The molecular weight excluding hydrogens is 226 g/mol. The van der Waals surface area contributed by atoms with Crippen LogP contribution in [0.25, 0.3) is 0 Å². The molecule has 4 heteroatoms. The van der Waals surface area contributed by atoms with Gasteiger partial charge >= 0.3 is 0 Å². The van der Waals surface area contributed by atoms with Gasteiger partial charge in [0, 0.05) is 6.04 Å². The van der Waals surface area contributed by atoms with Gasteiger partial charge in [0.05, 0.1) is 7.11 Å². The quantitative estimate of drug-likeness (QED) is 0.843. The summed E-state index contributed by atoms with van der Waals surface area (Å²) in [6.45, 7) is 6.21. The Hall–Kier alpha value is -0.930. The Kier molecular flexibility index (Phi) is 5.10. The zero-order valence-corrected chi connectivity index (χ0v) is 11.0. The Morgan fingerprint density at radius 2 is 1.88 bits per heavy atom. The van der Waals surface area contributed by atoms with Crippen LogP contribution in [-0.2, 0) is 0 Å². The molecule has 0 heterocycles. The first-order valence-electron chi connectivity index (χ1n) is 4.98. The van der Waals surface area contributed by atoms with Crippen molar-refractivity contribution in [3.8, 4) is 11.5 Å². The van der Waals surface area contributed by atoms with E-state index in [1.54, 1.807) is 12.1 Å². The van der Waals surface area contributed by atoms with E-state index in [1.807, 2.05) is 6.07 Å². The average molecular weight is 246 g/mol. The predicted molar refractivity (Wildman–Crippen MR) is 68.3 cm³/mol. The van der Waals surface area contributed by atoms with Crippen LogP contribution in [0.2, 0.25) is 0 Å². The second-order valence-electron chi connectivity index (χ2n) is 4.77. The summed E-state index contributed by atoms with van der Waals surface area (Å²) in [5.41, 5.74) is 6.97. The van der Waals surface area contributed by atoms with Crippen molar-refractivity contribution < 1.29 is 9.84 Å². The van der Waals surface area contributed by atoms with Crippen LogP contribution >= 0.6 is 12.4 Å². The van der Waals surface area contributed by atoms with Gasteiger partial charge in [0.15, 0.2) is 11.5 Å². The zero-order valence-electron chi connectivity index (χ0n) is 10.2. The number of benzene rings is 1. The summed E-state index contributed by atoms with van der Waals surface area (Å²) in [5.74, 6) is 0.606. The lowest BCUT2D eigenvalue weighted by atomic mass is 9.83. The van der Waals surface area contributed by atoms with E-state index in [0.717, 1.165) is 5.56 Å². The van der Waals surface area contributed by atoms with Crippen LogP contribution < -0.4 is 10.5 Å². The van der Waals surface area contributed by atoms with Gasteiger partial charge in [-0.05, 0) is 23.1 Å². The number of phenols is 1. The molecule has 0 aliphatic rings. The van der Waals surface area contributed by atoms with Gasteiger partial charge in [-0.15, -0.1) is 12.4 Å². The molecular formula is C12H20ClNO2. The van der Waals surface area contributed by atoms with E-state index in [0.29, 0.717) is 5.75 Å². The van der Waals surface area contributed by atoms with E-state index in [4.69, 9.17) is 10.5 Å². The number of halogens is 1. The normalized spacial score (nSPS) is 12.8. The van der Waals surface area contributed by atoms with E-state index >= 15 is 0 Å². The summed E-state index contributed by atoms with van der Waals surface area (Å²) < 4.78 is 4.97. The molecule has 0 spiro atoms. The van der Waals surface area contributed by atoms with Gasteiger partial charge < -0.3 is 15.6 Å². The fourth-order valence-electron chi connectivity index (χ4n) is 1.40. The standard InChI is InChI=1S/C12H19NO2.ClH/c1-12(2,3)11(13)8-5-6-10(15-4)9(14)7-8;/h5-7,11,14H,13H2,1-4H3;1H/t11-;/m1./s1. The third-order valence-electron chi connectivity index (χ3n) is 2.50. The molecule has 1 atom stereocenters. The molecule has 1 aromatic carbocycles. The highest BCUT2D eigenvalue weighted by molar-refractivity contribution is 5.85. The highest BCUT2D eigenvalue weighted by Gasteiger charge is 2.22. The minimum absolute atomic E-state index is 0. The third-order valence-corrected chi connectivity index (χ3v) is 2.50. The third kappa shape index (κ3) is 3.29. The van der Waals surface area contributed by atoms with Gasteiger partial charge in [-0.3, -0.25) is 0 Å². The van der Waals surface area contributed by atoms with Gasteiger partial charge in [0.25, 0.3) is 0 Å². The molecule has 3 N–H and O–H groups in total. The first-order chi connectivity index (χ1) is 6.86. The maximum atomic E-state index is 9.63. The van der Waals surface area contributed by atoms with Gasteiger partial charge in [0.2, 0.25) is 0 Å². The summed E-state index contributed by atoms with van der Waals surface area (Å²) in [7, 11) is 1.53. The number of rotatable bonds is 2. The Morgan fingerprint density at radius 1 is 1.31 bits per heavy atom. The molecule has 16 heavy (non-hydrogen) atoms. The lowest BCUT2D eigenvalue weighted by molar-refractivity contribution is 0.324. The van der Waals surface area contributed by atoms with E-state index in [2.05, 4.69) is 20.8 Å². The van der Waals surface area contributed by atoms with E-state index < -0.39 is 0 Å². The molecule has 0 bridgehead atoms. The first-order valence-corrected chi connectivity index (χ1v) is 4.98. The fourth-order valence-corrected chi connectivity index (χ4v) is 1.40. The Balaban J connectivity index is 0.00000225. The minimum atomic E-state index is -0.102. The molecule has 0 aliphatic heterocycles. The van der Waals surface area contributed by atoms with Gasteiger partial charge in [0.1, 0.15) is 0 Å². The van der Waals surface area contributed by atoms with Crippen LogP contribution in [0.15, 0.2) is 18.2 Å². The molecule has 0 unspecified atom stereocenters. The van der Waals surface area contributed by atoms with Crippen molar-refractivity contribution in [2.75, 3.05) is 7.11 Å². The molecule has 0 aromatic heterocycles. The predicted octanol–water partition coefficient (Wildman–Crippen LogP) is 2.87. The second-order valence-corrected chi connectivity index (χ2v) is 4.77. The summed E-state index contributed by atoms with van der Waals surface area (Å²) in [5, 5.41) is 9.63. The van der Waals surface area contributed by atoms with E-state index in [1.165, 1.54) is 7.11 Å². The van der Waals surface area contributed by atoms with Crippen LogP contribution in [0.4, 0.5) is 0 Å². The molecule has 0 fully saturated rings. The van der Waals surface area contributed by atoms with Crippen molar-refractivity contribution in [1.82, 2.24) is 0 Å². The largest absolute Gasteiger partial charge is 0.504 e. The van der Waals surface area contributed by atoms with E-state index in [9.17, 15) is 5.11 Å². The highest BCUT2D eigenvalue weighted by Crippen LogP contribution is 2.34. The monoisotopic (exact) mass is 245 g/mol. The maximum Gasteiger partial charge on any atom is 0.160 e. The number of hydrogen-bond acceptors (Lipinski definition) is 3. The summed E-state index contributed by atoms with van der Waals surface area (Å²) in [4.78, 5) is 0. The van der Waals surface area contributed by atoms with Crippen molar-refractivity contribution in [3.63, 3.8) is 0 Å². The van der Waals surface area contributed by atoms with Crippen LogP contribution in [0, 0.1) is 5.41 Å². The molecule has 0 aliphatic carbocycles. The number of methoxy groups -OCH3 is 1. The molecule has 1 aromatic rings. The second kappa shape index (κ2) is 5.41. The van der Waals surface area contributed by atoms with E-state index in [-0.39, 0.29) is 29.6 Å². The van der Waals surface area contributed by atoms with Crippen molar-refractivity contribution in [2.45, 2.75) is 26.8 Å². The zero-order chi connectivity index (χ0) is 11.6. The Labute approximate surface area is 103 Å². The number of phenolic OH excluding ortho intramolecular Hbond substituents is 1. The lowest BCUT2D eigenvalue weighted by Crippen LogP contribution is -2.26. The fraction of sp³-hybridized carbons (Fsp3) is 0.500. The molecule has 0 saturated carbocycles. The first kappa shape index (κ1) is 15.1. The van der Waals surface area contributed by atoms with Crippen LogP contribution in [0.3, 0.4) is 0 Å². The number of hydrogen-bond donors (Lipinski definition) is 2. The van der Waals surface area contributed by atoms with Crippen LogP contribution in [-0.4, -0.2) is 12.2 Å². The van der Waals surface area contributed by atoms with Gasteiger partial charge in [-0.1, -0.05) is 26.8 Å². The minimum Gasteiger partial charge on any atom is -0.504 e. The van der Waals surface area contributed by atoms with Crippen molar-refractivity contribution in [1.29, 1.82) is 0 Å². The number of aromatic hydroxyl groups is 1. The van der Waals surface area contributed by atoms with Crippen molar-refractivity contribution >= 4 is 12.4 Å². The number of ether oxygens (including phenoxy) is 1.